The fourth-order valence-corrected chi connectivity index (χ4v) is 9.34. The molecule has 0 radical (unpaired) electrons. The molecule has 3 unspecified atom stereocenters. The van der Waals surface area contributed by atoms with Crippen LogP contribution in [0.25, 0.3) is 0 Å². The van der Waals surface area contributed by atoms with Crippen LogP contribution in [-0.2, 0) is 18.4 Å². The molecular formula is C61H115N2O6P. The minimum atomic E-state index is -4.59. The van der Waals surface area contributed by atoms with Crippen molar-refractivity contribution in [3.05, 3.63) is 60.8 Å². The number of unbranched alkanes of at least 4 members (excludes halogenated alkanes) is 33. The smallest absolute Gasteiger partial charge is 0.268 e. The van der Waals surface area contributed by atoms with Gasteiger partial charge in [0.25, 0.3) is 7.82 Å². The third-order valence-corrected chi connectivity index (χ3v) is 14.2. The van der Waals surface area contributed by atoms with Gasteiger partial charge in [-0.3, -0.25) is 9.36 Å². The fraction of sp³-hybridized carbons (Fsp3) is 0.820. The molecule has 3 atom stereocenters. The lowest BCUT2D eigenvalue weighted by atomic mass is 10.0. The summed E-state index contributed by atoms with van der Waals surface area (Å²) >= 11 is 0. The Labute approximate surface area is 434 Å². The van der Waals surface area contributed by atoms with E-state index in [-0.39, 0.29) is 19.1 Å². The topological polar surface area (TPSA) is 108 Å². The minimum absolute atomic E-state index is 0.000334. The molecule has 0 rings (SSSR count). The summed E-state index contributed by atoms with van der Waals surface area (Å²) in [5, 5.41) is 13.8. The molecule has 0 fully saturated rings. The van der Waals surface area contributed by atoms with E-state index in [1.54, 1.807) is 6.08 Å². The number of carbonyl (C=O) groups excluding carboxylic acids is 1. The van der Waals surface area contributed by atoms with Gasteiger partial charge in [-0.1, -0.05) is 267 Å². The summed E-state index contributed by atoms with van der Waals surface area (Å²) in [6, 6.07) is -0.883. The maximum atomic E-state index is 12.9. The summed E-state index contributed by atoms with van der Waals surface area (Å²) < 4.78 is 23.2. The van der Waals surface area contributed by atoms with Gasteiger partial charge in [0, 0.05) is 6.42 Å². The molecule has 9 heteroatoms. The molecule has 0 spiro atoms. The van der Waals surface area contributed by atoms with Crippen LogP contribution in [-0.4, -0.2) is 68.5 Å². The summed E-state index contributed by atoms with van der Waals surface area (Å²) in [6.45, 7) is 4.51. The van der Waals surface area contributed by atoms with Crippen LogP contribution < -0.4 is 10.2 Å². The fourth-order valence-electron chi connectivity index (χ4n) is 8.62. The summed E-state index contributed by atoms with van der Waals surface area (Å²) in [6.07, 6.45) is 70.6. The quantitative estimate of drug-likeness (QED) is 0.0272. The number of allylic oxidation sites excluding steroid dienone is 9. The van der Waals surface area contributed by atoms with E-state index in [1.165, 1.54) is 186 Å². The van der Waals surface area contributed by atoms with Crippen LogP contribution in [0.4, 0.5) is 0 Å². The number of nitrogens with one attached hydrogen (secondary N) is 1. The molecule has 0 aromatic carbocycles. The Kier molecular flexibility index (Phi) is 50.7. The van der Waals surface area contributed by atoms with Crippen LogP contribution in [0, 0.1) is 0 Å². The van der Waals surface area contributed by atoms with E-state index in [2.05, 4.69) is 67.8 Å². The van der Waals surface area contributed by atoms with Gasteiger partial charge in [-0.05, 0) is 57.8 Å². The highest BCUT2D eigenvalue weighted by molar-refractivity contribution is 7.45. The standard InChI is InChI=1S/C61H115N2O6P/c1-6-8-10-12-14-16-17-18-19-20-21-22-23-24-25-26-27-28-29-30-31-32-33-34-35-36-37-38-39-40-41-42-43-44-45-47-49-51-53-55-61(65)62-59(58-69-70(66,67)68-57-56-63(3,4)5)60(64)54-52-50-48-46-15-13-11-9-7-2/h8,10,14,16,18-19,21-22,52,54,59-60,64H,6-7,9,11-13,15,17,20,23-51,53,55-58H2,1-5H3,(H-,62,65,66,67)/b10-8-,16-14-,19-18-,22-21-,54-52+. The van der Waals surface area contributed by atoms with E-state index < -0.39 is 20.0 Å². The maximum Gasteiger partial charge on any atom is 0.268 e. The van der Waals surface area contributed by atoms with Crippen LogP contribution in [0.2, 0.25) is 0 Å². The van der Waals surface area contributed by atoms with E-state index >= 15 is 0 Å². The van der Waals surface area contributed by atoms with Gasteiger partial charge in [-0.25, -0.2) is 0 Å². The van der Waals surface area contributed by atoms with Gasteiger partial charge in [0.05, 0.1) is 39.9 Å². The molecule has 8 nitrogen and oxygen atoms in total. The van der Waals surface area contributed by atoms with Crippen LogP contribution in [0.15, 0.2) is 60.8 Å². The number of carbonyl (C=O) groups is 1. The number of hydrogen-bond donors (Lipinski definition) is 2. The van der Waals surface area contributed by atoms with Crippen molar-refractivity contribution < 1.29 is 32.9 Å². The molecule has 70 heavy (non-hydrogen) atoms. The van der Waals surface area contributed by atoms with E-state index in [0.717, 1.165) is 64.2 Å². The van der Waals surface area contributed by atoms with Crippen molar-refractivity contribution in [3.63, 3.8) is 0 Å². The Morgan fingerprint density at radius 1 is 0.514 bits per heavy atom. The van der Waals surface area contributed by atoms with Crippen molar-refractivity contribution in [1.29, 1.82) is 0 Å². The van der Waals surface area contributed by atoms with Crippen molar-refractivity contribution in [2.45, 2.75) is 283 Å². The normalized spacial score (nSPS) is 14.3. The first-order valence-electron chi connectivity index (χ1n) is 29.7. The highest BCUT2D eigenvalue weighted by atomic mass is 31.2. The van der Waals surface area contributed by atoms with E-state index in [1.807, 2.05) is 27.2 Å². The number of phosphoric ester groups is 1. The first-order chi connectivity index (χ1) is 34.0. The molecule has 0 saturated carbocycles. The second-order valence-electron chi connectivity index (χ2n) is 21.3. The first-order valence-corrected chi connectivity index (χ1v) is 31.1. The predicted octanol–water partition coefficient (Wildman–Crippen LogP) is 17.5. The van der Waals surface area contributed by atoms with Crippen molar-refractivity contribution >= 4 is 13.7 Å². The molecule has 0 aromatic heterocycles. The molecule has 0 heterocycles. The Morgan fingerprint density at radius 2 is 0.871 bits per heavy atom. The summed E-state index contributed by atoms with van der Waals surface area (Å²) in [5.41, 5.74) is 0. The zero-order chi connectivity index (χ0) is 51.3. The Hall–Kier alpha value is -1.80. The van der Waals surface area contributed by atoms with Gasteiger partial charge in [0.15, 0.2) is 0 Å². The summed E-state index contributed by atoms with van der Waals surface area (Å²) in [5.74, 6) is -0.197. The highest BCUT2D eigenvalue weighted by Crippen LogP contribution is 2.38. The Balaban J connectivity index is 3.80. The summed E-state index contributed by atoms with van der Waals surface area (Å²) in [4.78, 5) is 25.4. The van der Waals surface area contributed by atoms with Crippen LogP contribution >= 0.6 is 7.82 Å². The van der Waals surface area contributed by atoms with Gasteiger partial charge in [-0.2, -0.15) is 0 Å². The lowest BCUT2D eigenvalue weighted by Crippen LogP contribution is -2.45. The number of rotatable bonds is 54. The zero-order valence-corrected chi connectivity index (χ0v) is 47.6. The number of nitrogens with zero attached hydrogens (tertiary/aromatic N) is 1. The second-order valence-corrected chi connectivity index (χ2v) is 22.7. The first kappa shape index (κ1) is 68.2. The van der Waals surface area contributed by atoms with Crippen LogP contribution in [0.3, 0.4) is 0 Å². The number of amides is 1. The second kappa shape index (κ2) is 52.1. The van der Waals surface area contributed by atoms with Crippen molar-refractivity contribution in [1.82, 2.24) is 5.32 Å². The van der Waals surface area contributed by atoms with Gasteiger partial charge >= 0.3 is 0 Å². The number of aliphatic hydroxyl groups is 1. The number of likely N-dealkylation sites (N-methyl/N-ethyl adjacent to an activating group) is 1. The van der Waals surface area contributed by atoms with E-state index in [4.69, 9.17) is 9.05 Å². The molecule has 0 saturated heterocycles. The van der Waals surface area contributed by atoms with Gasteiger partial charge < -0.3 is 28.8 Å². The zero-order valence-electron chi connectivity index (χ0n) is 46.7. The Morgan fingerprint density at radius 3 is 1.27 bits per heavy atom. The lowest BCUT2D eigenvalue weighted by Gasteiger charge is -2.29. The van der Waals surface area contributed by atoms with E-state index in [9.17, 15) is 19.4 Å². The molecule has 0 aliphatic carbocycles. The average molecular weight is 1000 g/mol. The van der Waals surface area contributed by atoms with Crippen molar-refractivity contribution in [2.24, 2.45) is 0 Å². The van der Waals surface area contributed by atoms with E-state index in [0.29, 0.717) is 17.4 Å². The van der Waals surface area contributed by atoms with Crippen LogP contribution in [0.5, 0.6) is 0 Å². The SMILES string of the molecule is CC/C=C\C/C=C\C/C=C\C/C=C\CCCCCCCCCCCCCCCCCCCCCCCCCCCCC(=O)NC(COP(=O)([O-])OCC[N+](C)(C)C)C(O)/C=C/CCCCCCCCC. The molecular weight excluding hydrogens is 888 g/mol. The number of hydrogen-bond acceptors (Lipinski definition) is 6. The molecule has 1 amide bonds. The Bertz CT molecular complexity index is 1320. The number of aliphatic hydroxyl groups excluding tert-OH is 1. The lowest BCUT2D eigenvalue weighted by molar-refractivity contribution is -0.870. The number of quaternary nitrogens is 1. The van der Waals surface area contributed by atoms with Crippen LogP contribution in [0.1, 0.15) is 271 Å². The van der Waals surface area contributed by atoms with Gasteiger partial charge in [0.2, 0.25) is 5.91 Å². The van der Waals surface area contributed by atoms with Gasteiger partial charge in [-0.15, -0.1) is 0 Å². The molecule has 0 aromatic rings. The molecule has 0 aliphatic heterocycles. The third-order valence-electron chi connectivity index (χ3n) is 13.2. The minimum Gasteiger partial charge on any atom is -0.756 e. The molecule has 0 aliphatic rings. The average Bonchev–Trinajstić information content (AvgIpc) is 3.32. The molecule has 0 bridgehead atoms. The molecule has 2 N–H and O–H groups in total. The van der Waals surface area contributed by atoms with Gasteiger partial charge in [0.1, 0.15) is 13.2 Å². The largest absolute Gasteiger partial charge is 0.756 e. The highest BCUT2D eigenvalue weighted by Gasteiger charge is 2.23. The molecule has 410 valence electrons. The maximum absolute atomic E-state index is 12.9. The summed E-state index contributed by atoms with van der Waals surface area (Å²) in [7, 11) is 1.27. The van der Waals surface area contributed by atoms with Crippen molar-refractivity contribution in [3.8, 4) is 0 Å². The predicted molar refractivity (Wildman–Crippen MR) is 302 cm³/mol. The third kappa shape index (κ3) is 54.0. The number of phosphoric acid groups is 1. The van der Waals surface area contributed by atoms with Crippen molar-refractivity contribution in [2.75, 3.05) is 40.9 Å². The monoisotopic (exact) mass is 1000 g/mol.